The summed E-state index contributed by atoms with van der Waals surface area (Å²) in [5.41, 5.74) is 1.41. The number of aromatic carboxylic acids is 1. The van der Waals surface area contributed by atoms with Crippen LogP contribution in [0, 0.1) is 12.8 Å². The van der Waals surface area contributed by atoms with Crippen molar-refractivity contribution in [3.63, 3.8) is 0 Å². The molecular weight excluding hydrogens is 403 g/mol. The van der Waals surface area contributed by atoms with Gasteiger partial charge in [-0.2, -0.15) is 0 Å². The lowest BCUT2D eigenvalue weighted by molar-refractivity contribution is 0.0239. The second kappa shape index (κ2) is 9.01. The van der Waals surface area contributed by atoms with Gasteiger partial charge < -0.3 is 15.2 Å². The molecule has 26 heavy (non-hydrogen) atoms. The summed E-state index contributed by atoms with van der Waals surface area (Å²) in [5, 5.41) is 21.2. The number of benzene rings is 1. The van der Waals surface area contributed by atoms with Crippen LogP contribution in [0.4, 0.5) is 0 Å². The van der Waals surface area contributed by atoms with E-state index < -0.39 is 5.97 Å². The standard InChI is InChI=1S/C16H18Cl2N4O3.ClH/c1-9-14(16(23)24)20-21-22(9)8-11-7-19-4-5-25-15(11)10-2-3-12(17)13(18)6-10;/h2-3,6,11,15,19H,4-5,7-8H2,1H3,(H,23,24);1H/t11-,15-;/m0./s1. The average Bonchev–Trinajstić information content (AvgIpc) is 2.79. The number of rotatable bonds is 4. The van der Waals surface area contributed by atoms with Gasteiger partial charge in [0.05, 0.1) is 28.5 Å². The Kier molecular flexibility index (Phi) is 7.25. The van der Waals surface area contributed by atoms with Crippen molar-refractivity contribution in [2.45, 2.75) is 19.6 Å². The lowest BCUT2D eigenvalue weighted by Gasteiger charge is -2.25. The fourth-order valence-corrected chi connectivity index (χ4v) is 3.27. The van der Waals surface area contributed by atoms with Crippen molar-refractivity contribution in [3.05, 3.63) is 45.2 Å². The minimum Gasteiger partial charge on any atom is -0.476 e. The Morgan fingerprint density at radius 1 is 1.42 bits per heavy atom. The van der Waals surface area contributed by atoms with E-state index in [9.17, 15) is 4.79 Å². The summed E-state index contributed by atoms with van der Waals surface area (Å²) in [6.45, 7) is 4.18. The van der Waals surface area contributed by atoms with Crippen LogP contribution in [0.25, 0.3) is 0 Å². The van der Waals surface area contributed by atoms with E-state index in [-0.39, 0.29) is 30.1 Å². The first-order valence-electron chi connectivity index (χ1n) is 7.88. The molecule has 1 aromatic heterocycles. The molecule has 0 unspecified atom stereocenters. The molecule has 1 aliphatic rings. The summed E-state index contributed by atoms with van der Waals surface area (Å²) in [6, 6.07) is 5.46. The number of ether oxygens (including phenoxy) is 1. The number of aromatic nitrogens is 3. The van der Waals surface area contributed by atoms with Gasteiger partial charge in [-0.1, -0.05) is 34.5 Å². The largest absolute Gasteiger partial charge is 0.476 e. The van der Waals surface area contributed by atoms with Crippen molar-refractivity contribution in [1.82, 2.24) is 20.3 Å². The van der Waals surface area contributed by atoms with Crippen molar-refractivity contribution in [3.8, 4) is 0 Å². The monoisotopic (exact) mass is 420 g/mol. The summed E-state index contributed by atoms with van der Waals surface area (Å²) in [7, 11) is 0. The molecule has 0 radical (unpaired) electrons. The minimum atomic E-state index is -1.08. The van der Waals surface area contributed by atoms with Crippen molar-refractivity contribution >= 4 is 41.6 Å². The lowest BCUT2D eigenvalue weighted by atomic mass is 9.95. The van der Waals surface area contributed by atoms with Crippen LogP contribution >= 0.6 is 35.6 Å². The maximum Gasteiger partial charge on any atom is 0.358 e. The van der Waals surface area contributed by atoms with Crippen molar-refractivity contribution in [2.24, 2.45) is 5.92 Å². The third kappa shape index (κ3) is 4.47. The van der Waals surface area contributed by atoms with Crippen molar-refractivity contribution in [2.75, 3.05) is 19.7 Å². The summed E-state index contributed by atoms with van der Waals surface area (Å²) in [5.74, 6) is -1.05. The SMILES string of the molecule is Cc1c(C(=O)O)nnn1C[C@@H]1CNCCO[C@H]1c1ccc(Cl)c(Cl)c1.Cl. The van der Waals surface area contributed by atoms with Crippen LogP contribution < -0.4 is 5.32 Å². The predicted molar refractivity (Wildman–Crippen MR) is 100 cm³/mol. The lowest BCUT2D eigenvalue weighted by Crippen LogP contribution is -2.29. The van der Waals surface area contributed by atoms with Crippen LogP contribution in [0.1, 0.15) is 27.8 Å². The first-order valence-corrected chi connectivity index (χ1v) is 8.63. The quantitative estimate of drug-likeness (QED) is 0.789. The van der Waals surface area contributed by atoms with E-state index in [1.54, 1.807) is 17.7 Å². The molecule has 0 bridgehead atoms. The van der Waals surface area contributed by atoms with Crippen LogP contribution in [-0.2, 0) is 11.3 Å². The third-order valence-corrected chi connectivity index (χ3v) is 5.01. The molecule has 0 amide bonds. The number of nitrogens with zero attached hydrogens (tertiary/aromatic N) is 3. The van der Waals surface area contributed by atoms with Crippen LogP contribution in [0.3, 0.4) is 0 Å². The normalized spacial score (nSPS) is 20.3. The van der Waals surface area contributed by atoms with E-state index in [1.165, 1.54) is 0 Å². The zero-order chi connectivity index (χ0) is 18.0. The van der Waals surface area contributed by atoms with Gasteiger partial charge in [-0.15, -0.1) is 17.5 Å². The van der Waals surface area contributed by atoms with E-state index in [2.05, 4.69) is 15.6 Å². The summed E-state index contributed by atoms with van der Waals surface area (Å²) >= 11 is 12.2. The summed E-state index contributed by atoms with van der Waals surface area (Å²) in [4.78, 5) is 11.2. The highest BCUT2D eigenvalue weighted by molar-refractivity contribution is 6.42. The van der Waals surface area contributed by atoms with E-state index in [4.69, 9.17) is 33.0 Å². The Balaban J connectivity index is 0.00000243. The van der Waals surface area contributed by atoms with Gasteiger partial charge in [0.15, 0.2) is 5.69 Å². The Hall–Kier alpha value is -1.38. The smallest absolute Gasteiger partial charge is 0.358 e. The van der Waals surface area contributed by atoms with Crippen molar-refractivity contribution < 1.29 is 14.6 Å². The zero-order valence-electron chi connectivity index (χ0n) is 14.0. The van der Waals surface area contributed by atoms with Gasteiger partial charge >= 0.3 is 5.97 Å². The maximum atomic E-state index is 11.2. The third-order valence-electron chi connectivity index (χ3n) is 4.28. The molecule has 1 aliphatic heterocycles. The first kappa shape index (κ1) is 20.9. The van der Waals surface area contributed by atoms with Gasteiger partial charge in [-0.25, -0.2) is 9.48 Å². The molecule has 142 valence electrons. The summed E-state index contributed by atoms with van der Waals surface area (Å²) in [6.07, 6.45) is -0.207. The van der Waals surface area contributed by atoms with Crippen LogP contribution in [-0.4, -0.2) is 45.8 Å². The van der Waals surface area contributed by atoms with Crippen molar-refractivity contribution in [1.29, 1.82) is 0 Å². The van der Waals surface area contributed by atoms with Crippen LogP contribution in [0.15, 0.2) is 18.2 Å². The number of halogens is 3. The molecule has 1 saturated heterocycles. The average molecular weight is 422 g/mol. The Bertz CT molecular complexity index is 784. The molecule has 10 heteroatoms. The molecule has 0 saturated carbocycles. The fourth-order valence-electron chi connectivity index (χ4n) is 2.96. The van der Waals surface area contributed by atoms with Gasteiger partial charge in [-0.3, -0.25) is 0 Å². The molecule has 2 atom stereocenters. The van der Waals surface area contributed by atoms with Gasteiger partial charge in [0, 0.05) is 25.6 Å². The van der Waals surface area contributed by atoms with Gasteiger partial charge in [0.25, 0.3) is 0 Å². The van der Waals surface area contributed by atoms with E-state index >= 15 is 0 Å². The number of hydrogen-bond donors (Lipinski definition) is 2. The molecule has 2 N–H and O–H groups in total. The summed E-state index contributed by atoms with van der Waals surface area (Å²) < 4.78 is 7.63. The second-order valence-electron chi connectivity index (χ2n) is 5.94. The zero-order valence-corrected chi connectivity index (χ0v) is 16.3. The fraction of sp³-hybridized carbons (Fsp3) is 0.438. The number of nitrogens with one attached hydrogen (secondary N) is 1. The number of hydrogen-bond acceptors (Lipinski definition) is 5. The second-order valence-corrected chi connectivity index (χ2v) is 6.75. The minimum absolute atomic E-state index is 0. The van der Waals surface area contributed by atoms with E-state index in [0.717, 1.165) is 12.1 Å². The van der Waals surface area contributed by atoms with Gasteiger partial charge in [0.1, 0.15) is 0 Å². The highest BCUT2D eigenvalue weighted by Gasteiger charge is 2.28. The number of carboxylic acid groups (broad SMARTS) is 1. The maximum absolute atomic E-state index is 11.2. The molecule has 0 aliphatic carbocycles. The molecule has 2 heterocycles. The van der Waals surface area contributed by atoms with Gasteiger partial charge in [0.2, 0.25) is 0 Å². The number of carboxylic acids is 1. The molecule has 1 aromatic carbocycles. The molecule has 7 nitrogen and oxygen atoms in total. The van der Waals surface area contributed by atoms with Crippen LogP contribution in [0.2, 0.25) is 10.0 Å². The number of carbonyl (C=O) groups is 1. The predicted octanol–water partition coefficient (Wildman–Crippen LogP) is 2.99. The Morgan fingerprint density at radius 2 is 2.19 bits per heavy atom. The Labute approximate surface area is 167 Å². The highest BCUT2D eigenvalue weighted by Crippen LogP contribution is 2.33. The molecule has 3 rings (SSSR count). The highest BCUT2D eigenvalue weighted by atomic mass is 35.5. The van der Waals surface area contributed by atoms with Gasteiger partial charge in [-0.05, 0) is 24.6 Å². The Morgan fingerprint density at radius 3 is 2.85 bits per heavy atom. The molecule has 2 aromatic rings. The van der Waals surface area contributed by atoms with Crippen LogP contribution in [0.5, 0.6) is 0 Å². The van der Waals surface area contributed by atoms with E-state index in [0.29, 0.717) is 35.4 Å². The first-order chi connectivity index (χ1) is 12.0. The topological polar surface area (TPSA) is 89.3 Å². The molecule has 0 spiro atoms. The molecular formula is C16H19Cl3N4O3. The van der Waals surface area contributed by atoms with E-state index in [1.807, 2.05) is 12.1 Å². The molecule has 1 fully saturated rings.